The fourth-order valence-corrected chi connectivity index (χ4v) is 0.848. The van der Waals surface area contributed by atoms with Crippen LogP contribution in [0.3, 0.4) is 0 Å². The molecule has 0 fully saturated rings. The number of carbonyl (C=O) groups is 1. The van der Waals surface area contributed by atoms with Gasteiger partial charge in [-0.25, -0.2) is 4.98 Å². The summed E-state index contributed by atoms with van der Waals surface area (Å²) < 4.78 is 12.5. The van der Waals surface area contributed by atoms with Crippen molar-refractivity contribution in [2.45, 2.75) is 6.42 Å². The summed E-state index contributed by atoms with van der Waals surface area (Å²) in [5.41, 5.74) is 0.344. The predicted octanol–water partition coefficient (Wildman–Crippen LogP) is 1.81. The van der Waals surface area contributed by atoms with Gasteiger partial charge in [0.1, 0.15) is 6.29 Å². The van der Waals surface area contributed by atoms with Crippen molar-refractivity contribution in [2.24, 2.45) is 0 Å². The smallest absolute Gasteiger partial charge is 0.214 e. The zero-order valence-corrected chi connectivity index (χ0v) is 7.31. The van der Waals surface area contributed by atoms with E-state index in [0.29, 0.717) is 11.8 Å². The maximum Gasteiger partial charge on any atom is 0.214 e. The summed E-state index contributed by atoms with van der Waals surface area (Å²) in [4.78, 5) is 13.3. The van der Waals surface area contributed by atoms with E-state index < -0.39 is 5.95 Å². The van der Waals surface area contributed by atoms with Crippen LogP contribution < -0.4 is 0 Å². The fourth-order valence-electron chi connectivity index (χ4n) is 0.697. The molecule has 66 valence electrons. The SMILES string of the molecule is O=CCC#Cc1cc(F)ncc1Cl. The zero-order chi connectivity index (χ0) is 9.68. The first-order valence-corrected chi connectivity index (χ1v) is 3.85. The third-order valence-electron chi connectivity index (χ3n) is 1.23. The van der Waals surface area contributed by atoms with E-state index in [4.69, 9.17) is 11.6 Å². The first-order chi connectivity index (χ1) is 6.24. The maximum absolute atomic E-state index is 12.5. The Kier molecular flexibility index (Phi) is 3.41. The van der Waals surface area contributed by atoms with Gasteiger partial charge in [-0.3, -0.25) is 0 Å². The number of aldehydes is 1. The van der Waals surface area contributed by atoms with Crippen LogP contribution in [0.5, 0.6) is 0 Å². The molecular formula is C9H5ClFNO. The molecule has 0 saturated heterocycles. The van der Waals surface area contributed by atoms with Crippen LogP contribution in [0.2, 0.25) is 5.02 Å². The summed E-state index contributed by atoms with van der Waals surface area (Å²) in [7, 11) is 0. The van der Waals surface area contributed by atoms with Gasteiger partial charge in [0.05, 0.1) is 11.4 Å². The molecule has 0 unspecified atom stereocenters. The highest BCUT2D eigenvalue weighted by atomic mass is 35.5. The number of nitrogens with zero attached hydrogens (tertiary/aromatic N) is 1. The highest BCUT2D eigenvalue weighted by Crippen LogP contribution is 2.13. The molecule has 1 aromatic heterocycles. The summed E-state index contributed by atoms with van der Waals surface area (Å²) >= 11 is 5.66. The molecule has 0 aromatic carbocycles. The van der Waals surface area contributed by atoms with Gasteiger partial charge in [0, 0.05) is 17.8 Å². The van der Waals surface area contributed by atoms with Crippen LogP contribution in [-0.2, 0) is 4.79 Å². The van der Waals surface area contributed by atoms with Gasteiger partial charge in [0.25, 0.3) is 0 Å². The minimum Gasteiger partial charge on any atom is -0.302 e. The first-order valence-electron chi connectivity index (χ1n) is 3.47. The molecule has 0 radical (unpaired) electrons. The number of halogens is 2. The number of hydrogen-bond acceptors (Lipinski definition) is 2. The average molecular weight is 198 g/mol. The van der Waals surface area contributed by atoms with Crippen LogP contribution in [-0.4, -0.2) is 11.3 Å². The molecule has 2 nitrogen and oxygen atoms in total. The molecule has 1 heterocycles. The van der Waals surface area contributed by atoms with Gasteiger partial charge in [0.15, 0.2) is 0 Å². The minimum atomic E-state index is -0.639. The van der Waals surface area contributed by atoms with Crippen LogP contribution in [0.15, 0.2) is 12.3 Å². The number of aromatic nitrogens is 1. The molecule has 0 amide bonds. The van der Waals surface area contributed by atoms with Gasteiger partial charge in [-0.1, -0.05) is 23.4 Å². The Morgan fingerprint density at radius 3 is 3.15 bits per heavy atom. The molecule has 13 heavy (non-hydrogen) atoms. The lowest BCUT2D eigenvalue weighted by atomic mass is 10.2. The van der Waals surface area contributed by atoms with Gasteiger partial charge < -0.3 is 4.79 Å². The second-order valence-electron chi connectivity index (χ2n) is 2.16. The Bertz CT molecular complexity index is 381. The molecule has 0 N–H and O–H groups in total. The lowest BCUT2D eigenvalue weighted by Crippen LogP contribution is -1.85. The van der Waals surface area contributed by atoms with Crippen molar-refractivity contribution in [3.8, 4) is 11.8 Å². The molecule has 0 bridgehead atoms. The largest absolute Gasteiger partial charge is 0.302 e. The molecule has 0 saturated carbocycles. The third kappa shape index (κ3) is 2.85. The monoisotopic (exact) mass is 197 g/mol. The summed E-state index contributed by atoms with van der Waals surface area (Å²) in [6.07, 6.45) is 1.96. The number of carbonyl (C=O) groups excluding carboxylic acids is 1. The standard InChI is InChI=1S/C9H5ClFNO/c10-8-6-12-9(11)5-7(8)3-1-2-4-13/h4-6H,2H2. The molecule has 0 aliphatic heterocycles. The second kappa shape index (κ2) is 4.58. The lowest BCUT2D eigenvalue weighted by Gasteiger charge is -1.93. The van der Waals surface area contributed by atoms with Crippen molar-refractivity contribution < 1.29 is 9.18 Å². The summed E-state index contributed by atoms with van der Waals surface area (Å²) in [6, 6.07) is 1.13. The molecule has 0 aliphatic rings. The van der Waals surface area contributed by atoms with Crippen LogP contribution in [0.25, 0.3) is 0 Å². The molecule has 0 aliphatic carbocycles. The van der Waals surface area contributed by atoms with Gasteiger partial charge in [0.2, 0.25) is 5.95 Å². The van der Waals surface area contributed by atoms with Crippen molar-refractivity contribution in [3.63, 3.8) is 0 Å². The highest BCUT2D eigenvalue weighted by Gasteiger charge is 1.98. The van der Waals surface area contributed by atoms with Crippen LogP contribution in [0.1, 0.15) is 12.0 Å². The summed E-state index contributed by atoms with van der Waals surface area (Å²) in [5.74, 6) is 4.44. The van der Waals surface area contributed by atoms with Crippen molar-refractivity contribution in [1.82, 2.24) is 4.98 Å². The Labute approximate surface area is 79.7 Å². The summed E-state index contributed by atoms with van der Waals surface area (Å²) in [6.45, 7) is 0. The quantitative estimate of drug-likeness (QED) is 0.391. The van der Waals surface area contributed by atoms with Gasteiger partial charge in [-0.2, -0.15) is 4.39 Å². The van der Waals surface area contributed by atoms with Crippen molar-refractivity contribution >= 4 is 17.9 Å². The number of pyridine rings is 1. The van der Waals surface area contributed by atoms with Gasteiger partial charge in [-0.05, 0) is 0 Å². The zero-order valence-electron chi connectivity index (χ0n) is 6.55. The molecule has 0 spiro atoms. The highest BCUT2D eigenvalue weighted by molar-refractivity contribution is 6.31. The molecule has 0 atom stereocenters. The van der Waals surface area contributed by atoms with Crippen LogP contribution >= 0.6 is 11.6 Å². The normalized spacial score (nSPS) is 8.77. The first kappa shape index (κ1) is 9.69. The van der Waals surface area contributed by atoms with Crippen LogP contribution in [0, 0.1) is 17.8 Å². The van der Waals surface area contributed by atoms with E-state index in [1.807, 2.05) is 0 Å². The average Bonchev–Trinajstić information content (AvgIpc) is 2.11. The van der Waals surface area contributed by atoms with E-state index in [1.165, 1.54) is 6.20 Å². The Hall–Kier alpha value is -1.40. The predicted molar refractivity (Wildman–Crippen MR) is 46.8 cm³/mol. The molecule has 1 aromatic rings. The maximum atomic E-state index is 12.5. The van der Waals surface area contributed by atoms with Crippen LogP contribution in [0.4, 0.5) is 4.39 Å². The molecule has 1 rings (SSSR count). The Morgan fingerprint density at radius 1 is 1.69 bits per heavy atom. The van der Waals surface area contributed by atoms with Crippen molar-refractivity contribution in [1.29, 1.82) is 0 Å². The van der Waals surface area contributed by atoms with E-state index in [0.717, 1.165) is 6.07 Å². The van der Waals surface area contributed by atoms with Crippen molar-refractivity contribution in [2.75, 3.05) is 0 Å². The molecular weight excluding hydrogens is 193 g/mol. The second-order valence-corrected chi connectivity index (χ2v) is 2.57. The number of rotatable bonds is 1. The molecule has 4 heteroatoms. The third-order valence-corrected chi connectivity index (χ3v) is 1.53. The van der Waals surface area contributed by atoms with E-state index in [2.05, 4.69) is 16.8 Å². The lowest BCUT2D eigenvalue weighted by molar-refractivity contribution is -0.107. The van der Waals surface area contributed by atoms with Gasteiger partial charge in [-0.15, -0.1) is 0 Å². The summed E-state index contributed by atoms with van der Waals surface area (Å²) in [5, 5.41) is 0.278. The van der Waals surface area contributed by atoms with Crippen molar-refractivity contribution in [3.05, 3.63) is 28.8 Å². The van der Waals surface area contributed by atoms with E-state index in [-0.39, 0.29) is 11.4 Å². The number of hydrogen-bond donors (Lipinski definition) is 0. The van der Waals surface area contributed by atoms with E-state index in [9.17, 15) is 9.18 Å². The van der Waals surface area contributed by atoms with E-state index in [1.54, 1.807) is 0 Å². The van der Waals surface area contributed by atoms with Gasteiger partial charge >= 0.3 is 0 Å². The Morgan fingerprint density at radius 2 is 2.46 bits per heavy atom. The minimum absolute atomic E-state index is 0.111. The topological polar surface area (TPSA) is 30.0 Å². The Balaban J connectivity index is 2.95. The fraction of sp³-hybridized carbons (Fsp3) is 0.111. The van der Waals surface area contributed by atoms with E-state index >= 15 is 0 Å².